The van der Waals surface area contributed by atoms with Crippen LogP contribution in [0.2, 0.25) is 0 Å². The lowest BCUT2D eigenvalue weighted by Gasteiger charge is -2.07. The van der Waals surface area contributed by atoms with E-state index in [-0.39, 0.29) is 0 Å². The third-order valence-corrected chi connectivity index (χ3v) is 5.27. The Balaban J connectivity index is 1.56. The molecule has 0 unspecified atom stereocenters. The van der Waals surface area contributed by atoms with Crippen molar-refractivity contribution in [3.8, 4) is 11.4 Å². The van der Waals surface area contributed by atoms with Gasteiger partial charge in [-0.1, -0.05) is 6.42 Å². The van der Waals surface area contributed by atoms with Gasteiger partial charge in [0.05, 0.1) is 5.69 Å². The van der Waals surface area contributed by atoms with Crippen LogP contribution in [-0.4, -0.2) is 21.0 Å². The molecule has 3 heterocycles. The predicted octanol–water partition coefficient (Wildman–Crippen LogP) is 4.79. The van der Waals surface area contributed by atoms with Crippen LogP contribution in [0.5, 0.6) is 0 Å². The Morgan fingerprint density at radius 1 is 1.04 bits per heavy atom. The Kier molecular flexibility index (Phi) is 4.26. The number of rotatable bonds is 3. The van der Waals surface area contributed by atoms with Crippen LogP contribution in [0.4, 0.5) is 5.69 Å². The Bertz CT molecular complexity index is 858. The van der Waals surface area contributed by atoms with Crippen LogP contribution in [0.1, 0.15) is 34.8 Å². The maximum atomic E-state index is 4.56. The van der Waals surface area contributed by atoms with Gasteiger partial charge in [0.25, 0.3) is 0 Å². The maximum absolute atomic E-state index is 4.56. The monoisotopic (exact) mass is 336 g/mol. The van der Waals surface area contributed by atoms with E-state index in [0.29, 0.717) is 0 Å². The van der Waals surface area contributed by atoms with E-state index in [1.807, 2.05) is 18.3 Å². The molecular formula is C19H20N4S. The van der Waals surface area contributed by atoms with E-state index >= 15 is 0 Å². The molecule has 0 saturated carbocycles. The molecule has 0 spiro atoms. The van der Waals surface area contributed by atoms with Gasteiger partial charge in [-0.25, -0.2) is 0 Å². The third-order valence-electron chi connectivity index (χ3n) is 4.34. The van der Waals surface area contributed by atoms with Crippen molar-refractivity contribution in [1.82, 2.24) is 14.8 Å². The Hall–Kier alpha value is -2.27. The summed E-state index contributed by atoms with van der Waals surface area (Å²) < 4.78 is 2.28. The molecule has 24 heavy (non-hydrogen) atoms. The number of aromatic nitrogens is 3. The molecular weight excluding hydrogens is 316 g/mol. The summed E-state index contributed by atoms with van der Waals surface area (Å²) in [5.74, 6) is 2.11. The average molecular weight is 336 g/mol. The van der Waals surface area contributed by atoms with E-state index in [9.17, 15) is 0 Å². The molecule has 0 saturated heterocycles. The topological polar surface area (TPSA) is 43.1 Å². The normalized spacial score (nSPS) is 14.7. The summed E-state index contributed by atoms with van der Waals surface area (Å²) in [7, 11) is 0. The molecule has 1 aliphatic rings. The van der Waals surface area contributed by atoms with Gasteiger partial charge in [0.2, 0.25) is 0 Å². The summed E-state index contributed by atoms with van der Waals surface area (Å²) in [6, 6.07) is 12.5. The van der Waals surface area contributed by atoms with Crippen LogP contribution in [-0.2, 0) is 13.0 Å². The van der Waals surface area contributed by atoms with Crippen LogP contribution in [0.3, 0.4) is 0 Å². The second kappa shape index (κ2) is 6.69. The molecule has 122 valence electrons. The van der Waals surface area contributed by atoms with Crippen molar-refractivity contribution in [2.75, 3.05) is 0 Å². The van der Waals surface area contributed by atoms with E-state index in [4.69, 9.17) is 0 Å². The number of nitrogens with zero attached hydrogens (tertiary/aromatic N) is 4. The third kappa shape index (κ3) is 3.17. The molecule has 1 aliphatic heterocycles. The van der Waals surface area contributed by atoms with Crippen molar-refractivity contribution in [3.63, 3.8) is 0 Å². The van der Waals surface area contributed by atoms with Crippen LogP contribution in [0, 0.1) is 6.92 Å². The van der Waals surface area contributed by atoms with Gasteiger partial charge in [-0.15, -0.1) is 21.5 Å². The number of hydrogen-bond acceptors (Lipinski definition) is 4. The van der Waals surface area contributed by atoms with Gasteiger partial charge in [0.1, 0.15) is 5.82 Å². The fourth-order valence-corrected chi connectivity index (χ4v) is 3.81. The lowest BCUT2D eigenvalue weighted by molar-refractivity contribution is 0.636. The summed E-state index contributed by atoms with van der Waals surface area (Å²) in [4.78, 5) is 7.04. The van der Waals surface area contributed by atoms with Crippen molar-refractivity contribution in [1.29, 1.82) is 0 Å². The molecule has 0 atom stereocenters. The maximum Gasteiger partial charge on any atom is 0.163 e. The van der Waals surface area contributed by atoms with Gasteiger partial charge in [-0.05, 0) is 56.2 Å². The van der Waals surface area contributed by atoms with Gasteiger partial charge in [-0.3, -0.25) is 4.99 Å². The minimum absolute atomic E-state index is 0.959. The van der Waals surface area contributed by atoms with Crippen molar-refractivity contribution < 1.29 is 0 Å². The molecule has 1 aromatic carbocycles. The van der Waals surface area contributed by atoms with Gasteiger partial charge < -0.3 is 4.57 Å². The first-order valence-corrected chi connectivity index (χ1v) is 9.24. The highest BCUT2D eigenvalue weighted by Crippen LogP contribution is 2.25. The largest absolute Gasteiger partial charge is 0.311 e. The molecule has 2 aromatic heterocycles. The molecule has 0 fully saturated rings. The van der Waals surface area contributed by atoms with Crippen molar-refractivity contribution in [2.24, 2.45) is 4.99 Å². The van der Waals surface area contributed by atoms with Gasteiger partial charge in [0.15, 0.2) is 5.82 Å². The number of thiophene rings is 1. The Morgan fingerprint density at radius 3 is 2.71 bits per heavy atom. The quantitative estimate of drug-likeness (QED) is 0.645. The minimum Gasteiger partial charge on any atom is -0.311 e. The highest BCUT2D eigenvalue weighted by Gasteiger charge is 2.15. The number of benzene rings is 1. The zero-order valence-corrected chi connectivity index (χ0v) is 14.6. The number of hydrogen-bond donors (Lipinski definition) is 0. The predicted molar refractivity (Wildman–Crippen MR) is 99.3 cm³/mol. The van der Waals surface area contributed by atoms with Crippen molar-refractivity contribution >= 4 is 23.2 Å². The zero-order chi connectivity index (χ0) is 16.4. The first-order chi connectivity index (χ1) is 11.8. The number of aliphatic imine (C=N–C) groups is 1. The SMILES string of the molecule is Cc1ccc(C=Nc2ccc(-c3nnc4n3CCCCC4)cc2)s1. The summed E-state index contributed by atoms with van der Waals surface area (Å²) in [6.45, 7) is 3.13. The fourth-order valence-electron chi connectivity index (χ4n) is 3.06. The summed E-state index contributed by atoms with van der Waals surface area (Å²) in [5.41, 5.74) is 2.07. The van der Waals surface area contributed by atoms with E-state index < -0.39 is 0 Å². The Morgan fingerprint density at radius 2 is 1.92 bits per heavy atom. The molecule has 4 nitrogen and oxygen atoms in total. The second-order valence-corrected chi connectivity index (χ2v) is 7.48. The molecule has 5 heteroatoms. The summed E-state index contributed by atoms with van der Waals surface area (Å²) in [5, 5.41) is 8.79. The standard InChI is InChI=1S/C19H20N4S/c1-14-6-11-17(24-14)13-20-16-9-7-15(8-10-16)19-22-21-18-5-3-2-4-12-23(18)19/h6-11,13H,2-5,12H2,1H3. The van der Waals surface area contributed by atoms with Crippen LogP contribution in [0.25, 0.3) is 11.4 Å². The Labute approximate surface area is 145 Å². The number of fused-ring (bicyclic) bond motifs is 1. The van der Waals surface area contributed by atoms with Crippen LogP contribution in [0.15, 0.2) is 41.4 Å². The van der Waals surface area contributed by atoms with Gasteiger partial charge in [-0.2, -0.15) is 0 Å². The molecule has 0 radical (unpaired) electrons. The van der Waals surface area contributed by atoms with Crippen LogP contribution >= 0.6 is 11.3 Å². The number of aryl methyl sites for hydroxylation is 2. The molecule has 0 aliphatic carbocycles. The van der Waals surface area contributed by atoms with E-state index in [1.54, 1.807) is 11.3 Å². The van der Waals surface area contributed by atoms with Crippen molar-refractivity contribution in [2.45, 2.75) is 39.2 Å². The van der Waals surface area contributed by atoms with Crippen molar-refractivity contribution in [3.05, 3.63) is 52.0 Å². The van der Waals surface area contributed by atoms with Gasteiger partial charge >= 0.3 is 0 Å². The first-order valence-electron chi connectivity index (χ1n) is 8.42. The first kappa shape index (κ1) is 15.3. The smallest absolute Gasteiger partial charge is 0.163 e. The lowest BCUT2D eigenvalue weighted by Crippen LogP contribution is -2.02. The summed E-state index contributed by atoms with van der Waals surface area (Å²) in [6.07, 6.45) is 6.67. The van der Waals surface area contributed by atoms with E-state index in [0.717, 1.165) is 35.9 Å². The molecule has 0 N–H and O–H groups in total. The molecule has 0 amide bonds. The van der Waals surface area contributed by atoms with E-state index in [2.05, 4.69) is 50.9 Å². The molecule has 3 aromatic rings. The zero-order valence-electron chi connectivity index (χ0n) is 13.8. The minimum atomic E-state index is 0.959. The van der Waals surface area contributed by atoms with Gasteiger partial charge in [0, 0.05) is 34.5 Å². The fraction of sp³-hybridized carbons (Fsp3) is 0.316. The van der Waals surface area contributed by atoms with Crippen LogP contribution < -0.4 is 0 Å². The lowest BCUT2D eigenvalue weighted by atomic mass is 10.2. The van der Waals surface area contributed by atoms with E-state index in [1.165, 1.54) is 29.0 Å². The molecule has 0 bridgehead atoms. The highest BCUT2D eigenvalue weighted by atomic mass is 32.1. The summed E-state index contributed by atoms with van der Waals surface area (Å²) >= 11 is 1.75. The second-order valence-electron chi connectivity index (χ2n) is 6.16. The molecule has 4 rings (SSSR count). The average Bonchev–Trinajstić information content (AvgIpc) is 3.13. The highest BCUT2D eigenvalue weighted by molar-refractivity contribution is 7.13.